The normalized spacial score (nSPS) is 12.3. The summed E-state index contributed by atoms with van der Waals surface area (Å²) in [5.41, 5.74) is 2.99. The molecule has 0 radical (unpaired) electrons. The third-order valence-electron chi connectivity index (χ3n) is 4.68. The predicted molar refractivity (Wildman–Crippen MR) is 91.7 cm³/mol. The fourth-order valence-electron chi connectivity index (χ4n) is 2.93. The first kappa shape index (κ1) is 18.2. The Morgan fingerprint density at radius 1 is 1.19 bits per heavy atom. The van der Waals surface area contributed by atoms with Crippen LogP contribution in [0.2, 0.25) is 0 Å². The Balaban J connectivity index is 2.83. The third-order valence-corrected chi connectivity index (χ3v) is 4.68. The van der Waals surface area contributed by atoms with Crippen LogP contribution in [0.15, 0.2) is 6.07 Å². The van der Waals surface area contributed by atoms with Crippen LogP contribution in [0.1, 0.15) is 65.8 Å². The van der Waals surface area contributed by atoms with Crippen molar-refractivity contribution in [1.29, 1.82) is 0 Å². The second-order valence-corrected chi connectivity index (χ2v) is 6.70. The van der Waals surface area contributed by atoms with E-state index in [4.69, 9.17) is 5.10 Å². The van der Waals surface area contributed by atoms with Gasteiger partial charge in [-0.1, -0.05) is 34.6 Å². The van der Waals surface area contributed by atoms with Crippen LogP contribution in [-0.2, 0) is 19.4 Å². The van der Waals surface area contributed by atoms with Crippen LogP contribution >= 0.6 is 0 Å². The highest BCUT2D eigenvalue weighted by Crippen LogP contribution is 2.30. The molecule has 0 amide bonds. The van der Waals surface area contributed by atoms with Crippen molar-refractivity contribution in [3.8, 4) is 0 Å². The van der Waals surface area contributed by atoms with E-state index < -0.39 is 0 Å². The highest BCUT2D eigenvalue weighted by molar-refractivity contribution is 5.13. The van der Waals surface area contributed by atoms with Crippen molar-refractivity contribution in [2.75, 3.05) is 13.1 Å². The lowest BCUT2D eigenvalue weighted by molar-refractivity contribution is 0.237. The van der Waals surface area contributed by atoms with E-state index in [1.54, 1.807) is 0 Å². The quantitative estimate of drug-likeness (QED) is 0.705. The molecule has 122 valence electrons. The lowest BCUT2D eigenvalue weighted by Gasteiger charge is -2.32. The minimum Gasteiger partial charge on any atom is -0.316 e. The van der Waals surface area contributed by atoms with E-state index in [1.165, 1.54) is 24.2 Å². The topological polar surface area (TPSA) is 29.9 Å². The first-order valence-corrected chi connectivity index (χ1v) is 8.76. The van der Waals surface area contributed by atoms with Crippen LogP contribution in [0.3, 0.4) is 0 Å². The van der Waals surface area contributed by atoms with Crippen molar-refractivity contribution in [3.05, 3.63) is 17.5 Å². The number of nitrogens with zero attached hydrogens (tertiary/aromatic N) is 2. The second-order valence-electron chi connectivity index (χ2n) is 6.70. The van der Waals surface area contributed by atoms with Gasteiger partial charge in [0, 0.05) is 18.8 Å². The molecule has 3 heteroatoms. The Hall–Kier alpha value is -0.830. The first-order chi connectivity index (χ1) is 10.00. The number of rotatable bonds is 10. The van der Waals surface area contributed by atoms with Gasteiger partial charge in [-0.25, -0.2) is 0 Å². The molecule has 3 nitrogen and oxygen atoms in total. The second kappa shape index (κ2) is 8.57. The van der Waals surface area contributed by atoms with Crippen molar-refractivity contribution in [1.82, 2.24) is 15.1 Å². The van der Waals surface area contributed by atoms with E-state index in [2.05, 4.69) is 57.6 Å². The number of aromatic nitrogens is 2. The standard InChI is InChI=1S/C18H35N3/c1-7-16-11-17(21(10-4)20-16)12-18(8-2,9-3)14-19-13-15(5)6/h11,15,19H,7-10,12-14H2,1-6H3. The molecule has 0 aliphatic rings. The molecule has 21 heavy (non-hydrogen) atoms. The molecule has 0 aromatic carbocycles. The Morgan fingerprint density at radius 3 is 2.33 bits per heavy atom. The monoisotopic (exact) mass is 293 g/mol. The number of hydrogen-bond acceptors (Lipinski definition) is 2. The van der Waals surface area contributed by atoms with Crippen LogP contribution in [0.4, 0.5) is 0 Å². The average molecular weight is 293 g/mol. The first-order valence-electron chi connectivity index (χ1n) is 8.76. The summed E-state index contributed by atoms with van der Waals surface area (Å²) >= 11 is 0. The van der Waals surface area contributed by atoms with Crippen molar-refractivity contribution >= 4 is 0 Å². The molecule has 1 N–H and O–H groups in total. The molecule has 1 aromatic heterocycles. The van der Waals surface area contributed by atoms with Gasteiger partial charge in [0.15, 0.2) is 0 Å². The summed E-state index contributed by atoms with van der Waals surface area (Å²) in [4.78, 5) is 0. The molecule has 0 saturated heterocycles. The number of hydrogen-bond donors (Lipinski definition) is 1. The zero-order valence-electron chi connectivity index (χ0n) is 15.0. The van der Waals surface area contributed by atoms with E-state index >= 15 is 0 Å². The predicted octanol–water partition coefficient (Wildman–Crippen LogP) is 4.06. The molecule has 0 aliphatic carbocycles. The summed E-state index contributed by atoms with van der Waals surface area (Å²) in [5, 5.41) is 8.38. The zero-order valence-corrected chi connectivity index (χ0v) is 15.0. The van der Waals surface area contributed by atoms with Crippen LogP contribution < -0.4 is 5.32 Å². The van der Waals surface area contributed by atoms with Gasteiger partial charge in [-0.15, -0.1) is 0 Å². The number of aryl methyl sites for hydroxylation is 2. The summed E-state index contributed by atoms with van der Waals surface area (Å²) in [6.45, 7) is 16.7. The maximum atomic E-state index is 4.70. The molecule has 0 spiro atoms. The lowest BCUT2D eigenvalue weighted by Crippen LogP contribution is -2.37. The molecule has 1 aromatic rings. The summed E-state index contributed by atoms with van der Waals surface area (Å²) in [7, 11) is 0. The van der Waals surface area contributed by atoms with Gasteiger partial charge in [0.25, 0.3) is 0 Å². The van der Waals surface area contributed by atoms with Crippen molar-refractivity contribution in [2.45, 2.75) is 73.8 Å². The molecule has 0 aliphatic heterocycles. The van der Waals surface area contributed by atoms with Crippen LogP contribution in [-0.4, -0.2) is 22.9 Å². The lowest BCUT2D eigenvalue weighted by atomic mass is 9.78. The highest BCUT2D eigenvalue weighted by Gasteiger charge is 2.28. The molecule has 0 atom stereocenters. The number of nitrogens with one attached hydrogen (secondary N) is 1. The van der Waals surface area contributed by atoms with E-state index in [0.29, 0.717) is 11.3 Å². The van der Waals surface area contributed by atoms with Crippen molar-refractivity contribution < 1.29 is 0 Å². The maximum Gasteiger partial charge on any atom is 0.0624 e. The van der Waals surface area contributed by atoms with Gasteiger partial charge >= 0.3 is 0 Å². The minimum absolute atomic E-state index is 0.354. The molecular weight excluding hydrogens is 258 g/mol. The van der Waals surface area contributed by atoms with Crippen LogP contribution in [0.25, 0.3) is 0 Å². The molecule has 0 fully saturated rings. The Kier molecular flexibility index (Phi) is 7.44. The Bertz CT molecular complexity index is 403. The zero-order chi connectivity index (χ0) is 15.9. The molecular formula is C18H35N3. The third kappa shape index (κ3) is 5.14. The van der Waals surface area contributed by atoms with Gasteiger partial charge in [-0.3, -0.25) is 4.68 Å². The molecule has 1 rings (SSSR count). The smallest absolute Gasteiger partial charge is 0.0624 e. The Labute approximate surface area is 131 Å². The average Bonchev–Trinajstić information content (AvgIpc) is 2.87. The Morgan fingerprint density at radius 2 is 1.86 bits per heavy atom. The fourth-order valence-corrected chi connectivity index (χ4v) is 2.93. The van der Waals surface area contributed by atoms with Crippen LogP contribution in [0, 0.1) is 11.3 Å². The van der Waals surface area contributed by atoms with E-state index in [9.17, 15) is 0 Å². The minimum atomic E-state index is 0.354. The van der Waals surface area contributed by atoms with Gasteiger partial charge in [0.05, 0.1) is 5.69 Å². The molecule has 0 unspecified atom stereocenters. The van der Waals surface area contributed by atoms with Gasteiger partial charge in [-0.2, -0.15) is 5.10 Å². The van der Waals surface area contributed by atoms with Crippen LogP contribution in [0.5, 0.6) is 0 Å². The van der Waals surface area contributed by atoms with Gasteiger partial charge < -0.3 is 5.32 Å². The molecule has 0 saturated carbocycles. The largest absolute Gasteiger partial charge is 0.316 e. The molecule has 0 bridgehead atoms. The summed E-state index contributed by atoms with van der Waals surface area (Å²) in [6.07, 6.45) is 4.58. The summed E-state index contributed by atoms with van der Waals surface area (Å²) in [5.74, 6) is 0.712. The maximum absolute atomic E-state index is 4.70. The molecule has 1 heterocycles. The van der Waals surface area contributed by atoms with Gasteiger partial charge in [-0.05, 0) is 56.6 Å². The van der Waals surface area contributed by atoms with Crippen molar-refractivity contribution in [3.63, 3.8) is 0 Å². The summed E-state index contributed by atoms with van der Waals surface area (Å²) < 4.78 is 2.20. The van der Waals surface area contributed by atoms with E-state index in [1.807, 2.05) is 0 Å². The highest BCUT2D eigenvalue weighted by atomic mass is 15.3. The van der Waals surface area contributed by atoms with Crippen molar-refractivity contribution in [2.24, 2.45) is 11.3 Å². The summed E-state index contributed by atoms with van der Waals surface area (Å²) in [6, 6.07) is 2.31. The van der Waals surface area contributed by atoms with Gasteiger partial charge in [0.2, 0.25) is 0 Å². The van der Waals surface area contributed by atoms with Gasteiger partial charge in [0.1, 0.15) is 0 Å². The fraction of sp³-hybridized carbons (Fsp3) is 0.833. The van der Waals surface area contributed by atoms with E-state index in [0.717, 1.165) is 32.5 Å². The van der Waals surface area contributed by atoms with E-state index in [-0.39, 0.29) is 0 Å². The SMILES string of the molecule is CCc1cc(CC(CC)(CC)CNCC(C)C)n(CC)n1.